The van der Waals surface area contributed by atoms with Gasteiger partial charge in [0, 0.05) is 6.04 Å². The van der Waals surface area contributed by atoms with Gasteiger partial charge in [-0.3, -0.25) is 4.79 Å². The van der Waals surface area contributed by atoms with Crippen LogP contribution in [0.1, 0.15) is 13.3 Å². The number of hydrogen-bond donors (Lipinski definition) is 2. The number of carbonyl (C=O) groups is 1. The van der Waals surface area contributed by atoms with Crippen LogP contribution in [0.4, 0.5) is 4.39 Å². The predicted octanol–water partition coefficient (Wildman–Crippen LogP) is 1.62. The van der Waals surface area contributed by atoms with Gasteiger partial charge in [-0.15, -0.1) is 0 Å². The van der Waals surface area contributed by atoms with Crippen molar-refractivity contribution in [2.45, 2.75) is 24.3 Å². The SMILES string of the molecule is CC(CC(=O)O)NS(=O)(=O)c1ccc(F)cc1Cl. The van der Waals surface area contributed by atoms with Gasteiger partial charge in [-0.2, -0.15) is 0 Å². The summed E-state index contributed by atoms with van der Waals surface area (Å²) in [6.07, 6.45) is -0.363. The first-order valence-electron chi connectivity index (χ1n) is 4.91. The van der Waals surface area contributed by atoms with Gasteiger partial charge in [0.2, 0.25) is 10.0 Å². The van der Waals surface area contributed by atoms with Crippen LogP contribution >= 0.6 is 11.6 Å². The van der Waals surface area contributed by atoms with E-state index in [1.165, 1.54) is 6.92 Å². The van der Waals surface area contributed by atoms with Gasteiger partial charge in [0.15, 0.2) is 0 Å². The van der Waals surface area contributed by atoms with Crippen LogP contribution in [0, 0.1) is 5.82 Å². The highest BCUT2D eigenvalue weighted by atomic mass is 35.5. The molecule has 0 fully saturated rings. The summed E-state index contributed by atoms with van der Waals surface area (Å²) in [4.78, 5) is 10.1. The monoisotopic (exact) mass is 295 g/mol. The van der Waals surface area contributed by atoms with Crippen LogP contribution in [0.15, 0.2) is 23.1 Å². The fourth-order valence-electron chi connectivity index (χ4n) is 1.33. The molecule has 1 aromatic carbocycles. The lowest BCUT2D eigenvalue weighted by molar-refractivity contribution is -0.137. The smallest absolute Gasteiger partial charge is 0.304 e. The fraction of sp³-hybridized carbons (Fsp3) is 0.300. The van der Waals surface area contributed by atoms with Crippen molar-refractivity contribution in [1.82, 2.24) is 4.72 Å². The minimum atomic E-state index is -3.96. The Bertz CT molecular complexity index is 561. The van der Waals surface area contributed by atoms with E-state index < -0.39 is 27.9 Å². The summed E-state index contributed by atoms with van der Waals surface area (Å²) >= 11 is 5.63. The lowest BCUT2D eigenvalue weighted by Crippen LogP contribution is -2.34. The quantitative estimate of drug-likeness (QED) is 0.864. The van der Waals surface area contributed by atoms with Crippen LogP contribution in [-0.4, -0.2) is 25.5 Å². The van der Waals surface area contributed by atoms with E-state index in [9.17, 15) is 17.6 Å². The first-order chi connectivity index (χ1) is 8.22. The van der Waals surface area contributed by atoms with Gasteiger partial charge >= 0.3 is 5.97 Å². The van der Waals surface area contributed by atoms with Crippen molar-refractivity contribution in [3.63, 3.8) is 0 Å². The molecule has 0 saturated carbocycles. The maximum atomic E-state index is 12.8. The predicted molar refractivity (Wildman–Crippen MR) is 63.4 cm³/mol. The number of aliphatic carboxylic acids is 1. The standard InChI is InChI=1S/C10H11ClFNO4S/c1-6(4-10(14)15)13-18(16,17)9-3-2-7(12)5-8(9)11/h2-3,5-6,13H,4H2,1H3,(H,14,15). The summed E-state index contributed by atoms with van der Waals surface area (Å²) in [5.41, 5.74) is 0. The second-order valence-corrected chi connectivity index (χ2v) is 5.78. The highest BCUT2D eigenvalue weighted by Crippen LogP contribution is 2.22. The number of carboxylic acids is 1. The Morgan fingerprint density at radius 1 is 1.56 bits per heavy atom. The largest absolute Gasteiger partial charge is 0.481 e. The van der Waals surface area contributed by atoms with Crippen LogP contribution in [-0.2, 0) is 14.8 Å². The van der Waals surface area contributed by atoms with Crippen molar-refractivity contribution in [2.75, 3.05) is 0 Å². The summed E-state index contributed by atoms with van der Waals surface area (Å²) in [5, 5.41) is 8.27. The van der Waals surface area contributed by atoms with E-state index in [0.717, 1.165) is 18.2 Å². The Labute approximate surface area is 109 Å². The van der Waals surface area contributed by atoms with E-state index >= 15 is 0 Å². The number of hydrogen-bond acceptors (Lipinski definition) is 3. The molecular weight excluding hydrogens is 285 g/mol. The van der Waals surface area contributed by atoms with Crippen LogP contribution in [0.3, 0.4) is 0 Å². The lowest BCUT2D eigenvalue weighted by Gasteiger charge is -2.13. The topological polar surface area (TPSA) is 83.5 Å². The molecule has 1 aromatic rings. The number of carboxylic acid groups (broad SMARTS) is 1. The van der Waals surface area contributed by atoms with E-state index in [-0.39, 0.29) is 16.3 Å². The molecule has 1 rings (SSSR count). The van der Waals surface area contributed by atoms with Gasteiger partial charge in [0.1, 0.15) is 10.7 Å². The van der Waals surface area contributed by atoms with Gasteiger partial charge in [-0.05, 0) is 25.1 Å². The summed E-state index contributed by atoms with van der Waals surface area (Å²) in [7, 11) is -3.96. The third kappa shape index (κ3) is 3.94. The third-order valence-corrected chi connectivity index (χ3v) is 4.09. The fourth-order valence-corrected chi connectivity index (χ4v) is 3.10. The molecule has 0 spiro atoms. The van der Waals surface area contributed by atoms with E-state index in [2.05, 4.69) is 4.72 Å². The summed E-state index contributed by atoms with van der Waals surface area (Å²) in [6.45, 7) is 1.41. The Morgan fingerprint density at radius 3 is 2.67 bits per heavy atom. The molecule has 0 radical (unpaired) electrons. The second kappa shape index (κ2) is 5.64. The van der Waals surface area contributed by atoms with Crippen molar-refractivity contribution >= 4 is 27.6 Å². The normalized spacial score (nSPS) is 13.3. The first-order valence-corrected chi connectivity index (χ1v) is 6.77. The van der Waals surface area contributed by atoms with E-state index in [0.29, 0.717) is 0 Å². The Morgan fingerprint density at radius 2 is 2.17 bits per heavy atom. The molecule has 18 heavy (non-hydrogen) atoms. The molecule has 100 valence electrons. The highest BCUT2D eigenvalue weighted by molar-refractivity contribution is 7.89. The maximum absolute atomic E-state index is 12.8. The molecule has 0 aliphatic rings. The molecule has 1 atom stereocenters. The van der Waals surface area contributed by atoms with E-state index in [1.807, 2.05) is 0 Å². The molecule has 0 heterocycles. The molecule has 2 N–H and O–H groups in total. The average Bonchev–Trinajstić information content (AvgIpc) is 2.13. The van der Waals surface area contributed by atoms with Crippen molar-refractivity contribution in [3.05, 3.63) is 29.0 Å². The van der Waals surface area contributed by atoms with Gasteiger partial charge in [-0.1, -0.05) is 11.6 Å². The number of rotatable bonds is 5. The van der Waals surface area contributed by atoms with Crippen molar-refractivity contribution in [3.8, 4) is 0 Å². The maximum Gasteiger partial charge on any atom is 0.304 e. The van der Waals surface area contributed by atoms with Crippen LogP contribution in [0.25, 0.3) is 0 Å². The van der Waals surface area contributed by atoms with Crippen LogP contribution in [0.2, 0.25) is 5.02 Å². The number of halogens is 2. The van der Waals surface area contributed by atoms with Gasteiger partial charge in [-0.25, -0.2) is 17.5 Å². The zero-order chi connectivity index (χ0) is 13.9. The zero-order valence-electron chi connectivity index (χ0n) is 9.35. The molecule has 0 aliphatic carbocycles. The highest BCUT2D eigenvalue weighted by Gasteiger charge is 2.21. The van der Waals surface area contributed by atoms with Crippen molar-refractivity contribution in [2.24, 2.45) is 0 Å². The van der Waals surface area contributed by atoms with Gasteiger partial charge in [0.05, 0.1) is 11.4 Å². The minimum Gasteiger partial charge on any atom is -0.481 e. The summed E-state index contributed by atoms with van der Waals surface area (Å²) in [6, 6.07) is 2.06. The van der Waals surface area contributed by atoms with Crippen LogP contribution in [0.5, 0.6) is 0 Å². The number of benzene rings is 1. The molecular formula is C10H11ClFNO4S. The van der Waals surface area contributed by atoms with Crippen molar-refractivity contribution in [1.29, 1.82) is 0 Å². The Kier molecular flexibility index (Phi) is 4.66. The van der Waals surface area contributed by atoms with Gasteiger partial charge in [0.25, 0.3) is 0 Å². The lowest BCUT2D eigenvalue weighted by atomic mass is 10.3. The van der Waals surface area contributed by atoms with Crippen molar-refractivity contribution < 1.29 is 22.7 Å². The molecule has 1 unspecified atom stereocenters. The molecule has 5 nitrogen and oxygen atoms in total. The summed E-state index contributed by atoms with van der Waals surface area (Å²) < 4.78 is 38.6. The molecule has 0 saturated heterocycles. The first kappa shape index (κ1) is 14.9. The third-order valence-electron chi connectivity index (χ3n) is 2.02. The Hall–Kier alpha value is -1.18. The minimum absolute atomic E-state index is 0.259. The number of nitrogens with one attached hydrogen (secondary N) is 1. The van der Waals surface area contributed by atoms with Crippen LogP contribution < -0.4 is 4.72 Å². The molecule has 0 amide bonds. The zero-order valence-corrected chi connectivity index (χ0v) is 10.9. The molecule has 0 aliphatic heterocycles. The second-order valence-electron chi connectivity index (χ2n) is 3.69. The summed E-state index contributed by atoms with van der Waals surface area (Å²) in [5.74, 6) is -1.78. The van der Waals surface area contributed by atoms with Gasteiger partial charge < -0.3 is 5.11 Å². The molecule has 0 bridgehead atoms. The van der Waals surface area contributed by atoms with E-state index in [1.54, 1.807) is 0 Å². The Balaban J connectivity index is 2.96. The molecule has 0 aromatic heterocycles. The molecule has 8 heteroatoms. The number of sulfonamides is 1. The average molecular weight is 296 g/mol. The van der Waals surface area contributed by atoms with E-state index in [4.69, 9.17) is 16.7 Å².